The van der Waals surface area contributed by atoms with Crippen molar-refractivity contribution in [2.75, 3.05) is 0 Å². The summed E-state index contributed by atoms with van der Waals surface area (Å²) < 4.78 is 0. The third kappa shape index (κ3) is 1.27. The topological polar surface area (TPSA) is 71.8 Å². The monoisotopic (exact) mass is 193 g/mol. The van der Waals surface area contributed by atoms with Gasteiger partial charge in [-0.15, -0.1) is 12.6 Å². The predicted octanol–water partition coefficient (Wildman–Crippen LogP) is 0.950. The van der Waals surface area contributed by atoms with Crippen molar-refractivity contribution in [2.24, 2.45) is 5.73 Å². The van der Waals surface area contributed by atoms with Gasteiger partial charge < -0.3 is 10.7 Å². The van der Waals surface area contributed by atoms with E-state index in [0.717, 1.165) is 11.0 Å². The molecule has 0 aliphatic rings. The first kappa shape index (κ1) is 8.12. The largest absolute Gasteiger partial charge is 0.366 e. The molecule has 0 radical (unpaired) electrons. The highest BCUT2D eigenvalue weighted by atomic mass is 32.1. The number of thiol groups is 1. The second-order valence-electron chi connectivity index (χ2n) is 2.66. The number of benzene rings is 1. The number of primary amides is 1. The molecule has 5 heteroatoms. The summed E-state index contributed by atoms with van der Waals surface area (Å²) in [6.45, 7) is 0. The Kier molecular flexibility index (Phi) is 1.73. The van der Waals surface area contributed by atoms with E-state index in [2.05, 4.69) is 22.6 Å². The number of nitrogens with two attached hydrogens (primary N) is 1. The second-order valence-corrected chi connectivity index (χ2v) is 3.14. The van der Waals surface area contributed by atoms with E-state index in [-0.39, 0.29) is 0 Å². The Morgan fingerprint density at radius 3 is 3.00 bits per heavy atom. The smallest absolute Gasteiger partial charge is 0.248 e. The van der Waals surface area contributed by atoms with Gasteiger partial charge in [0.2, 0.25) is 5.91 Å². The molecule has 0 unspecified atom stereocenters. The SMILES string of the molecule is NC(=O)c1cc(S)c2nc[nH]c2c1. The zero-order valence-electron chi connectivity index (χ0n) is 6.61. The van der Waals surface area contributed by atoms with Gasteiger partial charge in [0.1, 0.15) is 5.52 Å². The van der Waals surface area contributed by atoms with Crippen LogP contribution in [0.5, 0.6) is 0 Å². The molecule has 3 N–H and O–H groups in total. The zero-order valence-corrected chi connectivity index (χ0v) is 7.51. The van der Waals surface area contributed by atoms with Crippen molar-refractivity contribution >= 4 is 29.6 Å². The van der Waals surface area contributed by atoms with E-state index in [9.17, 15) is 4.79 Å². The van der Waals surface area contributed by atoms with E-state index in [4.69, 9.17) is 5.73 Å². The van der Waals surface area contributed by atoms with Crippen molar-refractivity contribution in [2.45, 2.75) is 4.90 Å². The van der Waals surface area contributed by atoms with Crippen molar-refractivity contribution in [3.05, 3.63) is 24.0 Å². The normalized spacial score (nSPS) is 10.5. The summed E-state index contributed by atoms with van der Waals surface area (Å²) in [5, 5.41) is 0. The predicted molar refractivity (Wildman–Crippen MR) is 51.9 cm³/mol. The molecular formula is C8H7N3OS. The first-order chi connectivity index (χ1) is 6.18. The number of carbonyl (C=O) groups excluding carboxylic acids is 1. The number of aromatic nitrogens is 2. The van der Waals surface area contributed by atoms with Crippen LogP contribution in [0.25, 0.3) is 11.0 Å². The lowest BCUT2D eigenvalue weighted by Crippen LogP contribution is -2.10. The van der Waals surface area contributed by atoms with Gasteiger partial charge in [-0.2, -0.15) is 0 Å². The summed E-state index contributed by atoms with van der Waals surface area (Å²) in [6.07, 6.45) is 1.55. The number of nitrogens with one attached hydrogen (secondary N) is 1. The Bertz CT molecular complexity index is 477. The number of hydrogen-bond acceptors (Lipinski definition) is 3. The van der Waals surface area contributed by atoms with Crippen LogP contribution in [0.4, 0.5) is 0 Å². The van der Waals surface area contributed by atoms with Gasteiger partial charge >= 0.3 is 0 Å². The molecule has 1 aromatic heterocycles. The van der Waals surface area contributed by atoms with Gasteiger partial charge in [0.05, 0.1) is 11.8 Å². The van der Waals surface area contributed by atoms with Crippen LogP contribution in [0.1, 0.15) is 10.4 Å². The van der Waals surface area contributed by atoms with Gasteiger partial charge in [-0.3, -0.25) is 4.79 Å². The highest BCUT2D eigenvalue weighted by Gasteiger charge is 2.06. The van der Waals surface area contributed by atoms with Gasteiger partial charge in [-0.1, -0.05) is 0 Å². The van der Waals surface area contributed by atoms with Crippen LogP contribution in [-0.4, -0.2) is 15.9 Å². The molecule has 1 aromatic carbocycles. The van der Waals surface area contributed by atoms with Crippen LogP contribution in [0.2, 0.25) is 0 Å². The van der Waals surface area contributed by atoms with Gasteiger partial charge in [-0.25, -0.2) is 4.98 Å². The average Bonchev–Trinajstić information content (AvgIpc) is 2.51. The summed E-state index contributed by atoms with van der Waals surface area (Å²) in [7, 11) is 0. The van der Waals surface area contributed by atoms with E-state index in [1.54, 1.807) is 18.5 Å². The molecule has 0 saturated carbocycles. The van der Waals surface area contributed by atoms with Crippen LogP contribution < -0.4 is 5.73 Å². The van der Waals surface area contributed by atoms with Crippen LogP contribution >= 0.6 is 12.6 Å². The van der Waals surface area contributed by atoms with Gasteiger partial charge in [0.25, 0.3) is 0 Å². The Morgan fingerprint density at radius 2 is 2.31 bits per heavy atom. The third-order valence-electron chi connectivity index (χ3n) is 1.79. The lowest BCUT2D eigenvalue weighted by molar-refractivity contribution is 0.1000. The molecule has 0 aliphatic heterocycles. The van der Waals surface area contributed by atoms with Crippen molar-refractivity contribution < 1.29 is 4.79 Å². The second kappa shape index (κ2) is 2.77. The number of H-pyrrole nitrogens is 1. The maximum atomic E-state index is 10.9. The minimum absolute atomic E-state index is 0.432. The van der Waals surface area contributed by atoms with Crippen LogP contribution in [-0.2, 0) is 0 Å². The van der Waals surface area contributed by atoms with Gasteiger partial charge in [-0.05, 0) is 12.1 Å². The molecule has 2 aromatic rings. The van der Waals surface area contributed by atoms with Crippen molar-refractivity contribution in [3.8, 4) is 0 Å². The fourth-order valence-corrected chi connectivity index (χ4v) is 1.49. The van der Waals surface area contributed by atoms with E-state index in [1.807, 2.05) is 0 Å². The van der Waals surface area contributed by atoms with E-state index >= 15 is 0 Å². The van der Waals surface area contributed by atoms with Crippen LogP contribution in [0.3, 0.4) is 0 Å². The standard InChI is InChI=1S/C8H7N3OS/c9-8(12)4-1-5-7(6(13)2-4)11-3-10-5/h1-3,13H,(H2,9,12)(H,10,11). The van der Waals surface area contributed by atoms with E-state index in [1.165, 1.54) is 0 Å². The Balaban J connectivity index is 2.77. The zero-order chi connectivity index (χ0) is 9.42. The molecule has 66 valence electrons. The third-order valence-corrected chi connectivity index (χ3v) is 2.13. The average molecular weight is 193 g/mol. The summed E-state index contributed by atoms with van der Waals surface area (Å²) in [4.78, 5) is 18.4. The van der Waals surface area contributed by atoms with Crippen LogP contribution in [0, 0.1) is 0 Å². The Morgan fingerprint density at radius 1 is 1.54 bits per heavy atom. The van der Waals surface area contributed by atoms with Gasteiger partial charge in [0.15, 0.2) is 0 Å². The summed E-state index contributed by atoms with van der Waals surface area (Å²) in [6, 6.07) is 3.26. The number of nitrogens with zero attached hydrogens (tertiary/aromatic N) is 1. The number of fused-ring (bicyclic) bond motifs is 1. The molecule has 13 heavy (non-hydrogen) atoms. The number of amides is 1. The number of carbonyl (C=O) groups is 1. The van der Waals surface area contributed by atoms with Crippen molar-refractivity contribution in [3.63, 3.8) is 0 Å². The molecule has 1 heterocycles. The molecule has 0 spiro atoms. The molecule has 0 bridgehead atoms. The van der Waals surface area contributed by atoms with E-state index < -0.39 is 5.91 Å². The Labute approximate surface area is 79.6 Å². The summed E-state index contributed by atoms with van der Waals surface area (Å²) >= 11 is 4.19. The molecule has 0 fully saturated rings. The molecular weight excluding hydrogens is 186 g/mol. The van der Waals surface area contributed by atoms with Gasteiger partial charge in [0, 0.05) is 10.5 Å². The summed E-state index contributed by atoms with van der Waals surface area (Å²) in [5.41, 5.74) is 7.08. The first-order valence-corrected chi connectivity index (χ1v) is 4.09. The minimum Gasteiger partial charge on any atom is -0.366 e. The number of rotatable bonds is 1. The number of imidazole rings is 1. The maximum absolute atomic E-state index is 10.9. The Hall–Kier alpha value is -1.49. The number of aromatic amines is 1. The molecule has 4 nitrogen and oxygen atoms in total. The number of hydrogen-bond donors (Lipinski definition) is 3. The lowest BCUT2D eigenvalue weighted by Gasteiger charge is -1.97. The maximum Gasteiger partial charge on any atom is 0.248 e. The highest BCUT2D eigenvalue weighted by Crippen LogP contribution is 2.20. The quantitative estimate of drug-likeness (QED) is 0.590. The fourth-order valence-electron chi connectivity index (χ4n) is 1.17. The highest BCUT2D eigenvalue weighted by molar-refractivity contribution is 7.80. The molecule has 0 aliphatic carbocycles. The molecule has 0 saturated heterocycles. The minimum atomic E-state index is -0.466. The lowest BCUT2D eigenvalue weighted by atomic mass is 10.2. The first-order valence-electron chi connectivity index (χ1n) is 3.64. The molecule has 0 atom stereocenters. The molecule has 1 amide bonds. The van der Waals surface area contributed by atoms with E-state index in [0.29, 0.717) is 10.5 Å². The van der Waals surface area contributed by atoms with Crippen LogP contribution in [0.15, 0.2) is 23.4 Å². The molecule has 2 rings (SSSR count). The summed E-state index contributed by atoms with van der Waals surface area (Å²) in [5.74, 6) is -0.466. The van der Waals surface area contributed by atoms with Crippen molar-refractivity contribution in [1.82, 2.24) is 9.97 Å². The van der Waals surface area contributed by atoms with Crippen molar-refractivity contribution in [1.29, 1.82) is 0 Å². The fraction of sp³-hybridized carbons (Fsp3) is 0.